The van der Waals surface area contributed by atoms with Crippen molar-refractivity contribution in [3.63, 3.8) is 0 Å². The Bertz CT molecular complexity index is 376. The molecule has 0 spiro atoms. The van der Waals surface area contributed by atoms with E-state index < -0.39 is 0 Å². The van der Waals surface area contributed by atoms with Gasteiger partial charge in [-0.25, -0.2) is 0 Å². The van der Waals surface area contributed by atoms with Gasteiger partial charge in [0.05, 0.1) is 6.61 Å². The molecule has 0 bridgehead atoms. The van der Waals surface area contributed by atoms with Crippen LogP contribution in [0.2, 0.25) is 0 Å². The third kappa shape index (κ3) is 4.40. The Morgan fingerprint density at radius 1 is 1.26 bits per heavy atom. The number of anilines is 1. The average molecular weight is 264 g/mol. The van der Waals surface area contributed by atoms with Crippen molar-refractivity contribution in [2.24, 2.45) is 5.73 Å². The molecule has 0 atom stereocenters. The van der Waals surface area contributed by atoms with Gasteiger partial charge in [0, 0.05) is 51.0 Å². The van der Waals surface area contributed by atoms with Crippen LogP contribution in [0.5, 0.6) is 5.75 Å². The number of hydrogen-bond acceptors (Lipinski definition) is 4. The van der Waals surface area contributed by atoms with Gasteiger partial charge in [0.1, 0.15) is 5.75 Å². The average Bonchev–Trinajstić information content (AvgIpc) is 2.45. The second-order valence-electron chi connectivity index (χ2n) is 5.02. The van der Waals surface area contributed by atoms with Crippen molar-refractivity contribution in [2.75, 3.05) is 38.3 Å². The first-order chi connectivity index (χ1) is 9.29. The molecule has 1 saturated heterocycles. The number of hydrogen-bond donors (Lipinski definition) is 1. The van der Waals surface area contributed by atoms with Gasteiger partial charge in [0.2, 0.25) is 0 Å². The lowest BCUT2D eigenvalue weighted by atomic mass is 10.1. The Kier molecular flexibility index (Phi) is 5.48. The standard InChI is InChI=1S/C15H24N2O2/c1-18-10-3-11-19-15-5-2-4-14(12-15)17-8-6-13(16)7-9-17/h2,4-5,12-13H,3,6-11,16H2,1H3. The summed E-state index contributed by atoms with van der Waals surface area (Å²) in [5.41, 5.74) is 7.17. The second-order valence-corrected chi connectivity index (χ2v) is 5.02. The van der Waals surface area contributed by atoms with Crippen molar-refractivity contribution in [1.29, 1.82) is 0 Å². The Balaban J connectivity index is 1.87. The molecule has 19 heavy (non-hydrogen) atoms. The minimum Gasteiger partial charge on any atom is -0.493 e. The van der Waals surface area contributed by atoms with E-state index in [1.54, 1.807) is 7.11 Å². The van der Waals surface area contributed by atoms with E-state index in [0.29, 0.717) is 12.6 Å². The van der Waals surface area contributed by atoms with Crippen molar-refractivity contribution in [3.05, 3.63) is 24.3 Å². The summed E-state index contributed by atoms with van der Waals surface area (Å²) in [7, 11) is 1.71. The summed E-state index contributed by atoms with van der Waals surface area (Å²) >= 11 is 0. The lowest BCUT2D eigenvalue weighted by molar-refractivity contribution is 0.172. The first-order valence-electron chi connectivity index (χ1n) is 7.02. The minimum atomic E-state index is 0.365. The van der Waals surface area contributed by atoms with Crippen LogP contribution in [0.1, 0.15) is 19.3 Å². The van der Waals surface area contributed by atoms with Crippen LogP contribution in [0.4, 0.5) is 5.69 Å². The first-order valence-corrected chi connectivity index (χ1v) is 7.02. The van der Waals surface area contributed by atoms with Gasteiger partial charge in [-0.05, 0) is 25.0 Å². The summed E-state index contributed by atoms with van der Waals surface area (Å²) in [6.45, 7) is 3.51. The zero-order valence-corrected chi connectivity index (χ0v) is 11.7. The van der Waals surface area contributed by atoms with Crippen molar-refractivity contribution in [1.82, 2.24) is 0 Å². The fourth-order valence-electron chi connectivity index (χ4n) is 2.32. The van der Waals surface area contributed by atoms with E-state index in [2.05, 4.69) is 23.1 Å². The van der Waals surface area contributed by atoms with E-state index in [9.17, 15) is 0 Å². The maximum absolute atomic E-state index is 5.94. The molecule has 1 aliphatic rings. The molecule has 0 amide bonds. The third-order valence-electron chi connectivity index (χ3n) is 3.48. The Hall–Kier alpha value is -1.26. The number of methoxy groups -OCH3 is 1. The summed E-state index contributed by atoms with van der Waals surface area (Å²) < 4.78 is 10.7. The highest BCUT2D eigenvalue weighted by Gasteiger charge is 2.16. The van der Waals surface area contributed by atoms with Crippen LogP contribution in [0.15, 0.2) is 24.3 Å². The van der Waals surface area contributed by atoms with Crippen molar-refractivity contribution < 1.29 is 9.47 Å². The van der Waals surface area contributed by atoms with Crippen LogP contribution in [0.25, 0.3) is 0 Å². The quantitative estimate of drug-likeness (QED) is 0.799. The molecule has 2 N–H and O–H groups in total. The highest BCUT2D eigenvalue weighted by atomic mass is 16.5. The predicted octanol–water partition coefficient (Wildman–Crippen LogP) is 2.03. The summed E-state index contributed by atoms with van der Waals surface area (Å²) in [5, 5.41) is 0. The number of ether oxygens (including phenoxy) is 2. The number of nitrogens with two attached hydrogens (primary N) is 1. The molecule has 1 aliphatic heterocycles. The largest absolute Gasteiger partial charge is 0.493 e. The van der Waals surface area contributed by atoms with Gasteiger partial charge in [-0.3, -0.25) is 0 Å². The number of nitrogens with zero attached hydrogens (tertiary/aromatic N) is 1. The van der Waals surface area contributed by atoms with Crippen LogP contribution >= 0.6 is 0 Å². The normalized spacial score (nSPS) is 16.6. The van der Waals surface area contributed by atoms with Gasteiger partial charge in [-0.2, -0.15) is 0 Å². The fraction of sp³-hybridized carbons (Fsp3) is 0.600. The van der Waals surface area contributed by atoms with Crippen LogP contribution in [-0.2, 0) is 4.74 Å². The topological polar surface area (TPSA) is 47.7 Å². The summed E-state index contributed by atoms with van der Waals surface area (Å²) in [4.78, 5) is 2.38. The highest BCUT2D eigenvalue weighted by molar-refractivity contribution is 5.51. The Morgan fingerprint density at radius 3 is 2.79 bits per heavy atom. The molecule has 1 fully saturated rings. The van der Waals surface area contributed by atoms with E-state index >= 15 is 0 Å². The van der Waals surface area contributed by atoms with Gasteiger partial charge in [-0.1, -0.05) is 6.07 Å². The van der Waals surface area contributed by atoms with Crippen LogP contribution in [-0.4, -0.2) is 39.5 Å². The Labute approximate surface area is 115 Å². The Morgan fingerprint density at radius 2 is 2.05 bits per heavy atom. The molecule has 0 radical (unpaired) electrons. The minimum absolute atomic E-state index is 0.365. The first kappa shape index (κ1) is 14.2. The van der Waals surface area contributed by atoms with E-state index in [1.807, 2.05) is 6.07 Å². The molecule has 4 heteroatoms. The van der Waals surface area contributed by atoms with Gasteiger partial charge in [0.25, 0.3) is 0 Å². The van der Waals surface area contributed by atoms with E-state index in [4.69, 9.17) is 15.2 Å². The fourth-order valence-corrected chi connectivity index (χ4v) is 2.32. The molecule has 4 nitrogen and oxygen atoms in total. The van der Waals surface area contributed by atoms with Gasteiger partial charge in [0.15, 0.2) is 0 Å². The molecule has 0 aromatic heterocycles. The summed E-state index contributed by atoms with van der Waals surface area (Å²) in [6.07, 6.45) is 3.05. The molecule has 1 aromatic rings. The van der Waals surface area contributed by atoms with Crippen molar-refractivity contribution >= 4 is 5.69 Å². The van der Waals surface area contributed by atoms with Gasteiger partial charge < -0.3 is 20.1 Å². The number of benzene rings is 1. The molecule has 0 unspecified atom stereocenters. The number of rotatable bonds is 6. The molecular weight excluding hydrogens is 240 g/mol. The maximum atomic E-state index is 5.94. The molecule has 1 aromatic carbocycles. The lowest BCUT2D eigenvalue weighted by Gasteiger charge is -2.32. The smallest absolute Gasteiger partial charge is 0.121 e. The molecule has 0 saturated carbocycles. The second kappa shape index (κ2) is 7.36. The SMILES string of the molecule is COCCCOc1cccc(N2CCC(N)CC2)c1. The molecule has 0 aliphatic carbocycles. The van der Waals surface area contributed by atoms with Crippen LogP contribution in [0, 0.1) is 0 Å². The van der Waals surface area contributed by atoms with Crippen molar-refractivity contribution in [3.8, 4) is 5.75 Å². The van der Waals surface area contributed by atoms with Crippen LogP contribution < -0.4 is 15.4 Å². The summed E-state index contributed by atoms with van der Waals surface area (Å²) in [6, 6.07) is 8.68. The molecule has 2 rings (SSSR count). The third-order valence-corrected chi connectivity index (χ3v) is 3.48. The van der Waals surface area contributed by atoms with Crippen molar-refractivity contribution in [2.45, 2.75) is 25.3 Å². The zero-order valence-electron chi connectivity index (χ0n) is 11.7. The molecule has 1 heterocycles. The molecular formula is C15H24N2O2. The van der Waals surface area contributed by atoms with Gasteiger partial charge in [-0.15, -0.1) is 0 Å². The van der Waals surface area contributed by atoms with E-state index in [1.165, 1.54) is 5.69 Å². The summed E-state index contributed by atoms with van der Waals surface area (Å²) in [5.74, 6) is 0.934. The number of piperidine rings is 1. The van der Waals surface area contributed by atoms with E-state index in [0.717, 1.165) is 44.7 Å². The predicted molar refractivity (Wildman–Crippen MR) is 77.9 cm³/mol. The zero-order chi connectivity index (χ0) is 13.5. The lowest BCUT2D eigenvalue weighted by Crippen LogP contribution is -2.39. The van der Waals surface area contributed by atoms with Gasteiger partial charge >= 0.3 is 0 Å². The van der Waals surface area contributed by atoms with E-state index in [-0.39, 0.29) is 0 Å². The maximum Gasteiger partial charge on any atom is 0.121 e. The highest BCUT2D eigenvalue weighted by Crippen LogP contribution is 2.24. The molecule has 106 valence electrons. The monoisotopic (exact) mass is 264 g/mol. The van der Waals surface area contributed by atoms with Crippen LogP contribution in [0.3, 0.4) is 0 Å².